The molecule has 1 amide bonds. The highest BCUT2D eigenvalue weighted by molar-refractivity contribution is 7.99. The van der Waals surface area contributed by atoms with Crippen LogP contribution in [0.5, 0.6) is 0 Å². The van der Waals surface area contributed by atoms with Crippen LogP contribution in [-0.2, 0) is 14.8 Å². The van der Waals surface area contributed by atoms with Gasteiger partial charge in [0.05, 0.1) is 10.6 Å². The molecule has 1 rings (SSSR count). The number of carboxylic acid groups (broad SMARTS) is 1. The van der Waals surface area contributed by atoms with Gasteiger partial charge in [-0.2, -0.15) is 0 Å². The Hall–Kier alpha value is -1.58. The minimum Gasteiger partial charge on any atom is -0.481 e. The van der Waals surface area contributed by atoms with Gasteiger partial charge in [0.1, 0.15) is 0 Å². The van der Waals surface area contributed by atoms with Gasteiger partial charge in [0.2, 0.25) is 10.0 Å². The Morgan fingerprint density at radius 3 is 2.41 bits per heavy atom. The number of carboxylic acids is 1. The van der Waals surface area contributed by atoms with E-state index in [1.165, 1.54) is 36.0 Å². The molecule has 1 aromatic carbocycles. The van der Waals surface area contributed by atoms with E-state index in [1.54, 1.807) is 6.92 Å². The second-order valence-corrected chi connectivity index (χ2v) is 7.10. The molecule has 0 saturated heterocycles. The summed E-state index contributed by atoms with van der Waals surface area (Å²) in [5.41, 5.74) is 0.346. The lowest BCUT2D eigenvalue weighted by Crippen LogP contribution is -2.26. The monoisotopic (exact) mass is 346 g/mol. The van der Waals surface area contributed by atoms with Gasteiger partial charge in [-0.05, 0) is 24.3 Å². The van der Waals surface area contributed by atoms with Crippen LogP contribution in [0.4, 0.5) is 0 Å². The standard InChI is InChI=1S/C13H18N2O5S2/c1-2-15-22(19,20)11-5-3-10(4-6-11)13(18)14-7-8-21-9-12(16)17/h3-6,15H,2,7-9H2,1H3,(H,14,18)(H,16,17). The number of rotatable bonds is 9. The zero-order valence-electron chi connectivity index (χ0n) is 12.0. The molecule has 1 aromatic rings. The van der Waals surface area contributed by atoms with Gasteiger partial charge in [0, 0.05) is 24.4 Å². The lowest BCUT2D eigenvalue weighted by molar-refractivity contribution is -0.133. The first-order valence-corrected chi connectivity index (χ1v) is 9.18. The van der Waals surface area contributed by atoms with Crippen LogP contribution in [0.1, 0.15) is 17.3 Å². The van der Waals surface area contributed by atoms with Crippen LogP contribution in [0, 0.1) is 0 Å². The van der Waals surface area contributed by atoms with Gasteiger partial charge in [0.15, 0.2) is 0 Å². The van der Waals surface area contributed by atoms with E-state index in [4.69, 9.17) is 5.11 Å². The van der Waals surface area contributed by atoms with Gasteiger partial charge in [-0.15, -0.1) is 11.8 Å². The molecule has 0 aromatic heterocycles. The summed E-state index contributed by atoms with van der Waals surface area (Å²) >= 11 is 1.21. The molecule has 0 aliphatic rings. The maximum absolute atomic E-state index is 11.8. The minimum atomic E-state index is -3.53. The number of amides is 1. The van der Waals surface area contributed by atoms with Crippen LogP contribution in [0.3, 0.4) is 0 Å². The smallest absolute Gasteiger partial charge is 0.313 e. The average Bonchev–Trinajstić information content (AvgIpc) is 2.46. The first-order valence-electron chi connectivity index (χ1n) is 6.54. The summed E-state index contributed by atoms with van der Waals surface area (Å²) in [6.07, 6.45) is 0. The molecule has 0 aliphatic heterocycles. The molecule has 0 atom stereocenters. The van der Waals surface area contributed by atoms with Crippen LogP contribution >= 0.6 is 11.8 Å². The van der Waals surface area contributed by atoms with Gasteiger partial charge >= 0.3 is 5.97 Å². The molecule has 122 valence electrons. The van der Waals surface area contributed by atoms with Crippen LogP contribution < -0.4 is 10.0 Å². The Kier molecular flexibility index (Phi) is 7.36. The van der Waals surface area contributed by atoms with Crippen LogP contribution in [0.15, 0.2) is 29.2 Å². The summed E-state index contributed by atoms with van der Waals surface area (Å²) in [6, 6.07) is 5.60. The highest BCUT2D eigenvalue weighted by Crippen LogP contribution is 2.10. The van der Waals surface area contributed by atoms with Crippen molar-refractivity contribution in [3.8, 4) is 0 Å². The minimum absolute atomic E-state index is 0.00709. The molecule has 0 fully saturated rings. The van der Waals surface area contributed by atoms with Crippen molar-refractivity contribution in [2.45, 2.75) is 11.8 Å². The predicted octanol–water partition coefficient (Wildman–Crippen LogP) is 0.532. The van der Waals surface area contributed by atoms with Crippen molar-refractivity contribution in [2.24, 2.45) is 0 Å². The zero-order chi connectivity index (χ0) is 16.6. The average molecular weight is 346 g/mol. The number of hydrogen-bond acceptors (Lipinski definition) is 5. The molecule has 22 heavy (non-hydrogen) atoms. The van der Waals surface area contributed by atoms with Gasteiger partial charge in [-0.25, -0.2) is 13.1 Å². The Morgan fingerprint density at radius 1 is 1.23 bits per heavy atom. The molecule has 3 N–H and O–H groups in total. The van der Waals surface area contributed by atoms with Crippen LogP contribution in [0.25, 0.3) is 0 Å². The highest BCUT2D eigenvalue weighted by Gasteiger charge is 2.13. The fraction of sp³-hybridized carbons (Fsp3) is 0.385. The maximum Gasteiger partial charge on any atom is 0.313 e. The number of carbonyl (C=O) groups is 2. The van der Waals surface area contributed by atoms with Gasteiger partial charge in [-0.3, -0.25) is 9.59 Å². The van der Waals surface area contributed by atoms with Gasteiger partial charge in [0.25, 0.3) is 5.91 Å². The zero-order valence-corrected chi connectivity index (χ0v) is 13.7. The summed E-state index contributed by atoms with van der Waals surface area (Å²) in [5, 5.41) is 11.1. The quantitative estimate of drug-likeness (QED) is 0.562. The number of benzene rings is 1. The Morgan fingerprint density at radius 2 is 1.86 bits per heavy atom. The third-order valence-corrected chi connectivity index (χ3v) is 5.02. The number of aliphatic carboxylic acids is 1. The molecule has 9 heteroatoms. The maximum atomic E-state index is 11.8. The van der Waals surface area contributed by atoms with Crippen molar-refractivity contribution in [2.75, 3.05) is 24.6 Å². The third-order valence-electron chi connectivity index (χ3n) is 2.52. The number of thioether (sulfide) groups is 1. The van der Waals surface area contributed by atoms with Gasteiger partial charge in [-0.1, -0.05) is 6.92 Å². The molecular formula is C13H18N2O5S2. The normalized spacial score (nSPS) is 11.1. The van der Waals surface area contributed by atoms with E-state index in [2.05, 4.69) is 10.0 Å². The van der Waals surface area contributed by atoms with E-state index >= 15 is 0 Å². The highest BCUT2D eigenvalue weighted by atomic mass is 32.2. The molecule has 0 heterocycles. The SMILES string of the molecule is CCNS(=O)(=O)c1ccc(C(=O)NCCSCC(=O)O)cc1. The summed E-state index contributed by atoms with van der Waals surface area (Å²) in [4.78, 5) is 22.2. The van der Waals surface area contributed by atoms with E-state index in [-0.39, 0.29) is 16.6 Å². The molecule has 0 spiro atoms. The van der Waals surface area contributed by atoms with E-state index < -0.39 is 16.0 Å². The number of nitrogens with one attached hydrogen (secondary N) is 2. The second-order valence-electron chi connectivity index (χ2n) is 4.23. The molecular weight excluding hydrogens is 328 g/mol. The summed E-state index contributed by atoms with van der Waals surface area (Å²) in [7, 11) is -3.53. The molecule has 7 nitrogen and oxygen atoms in total. The van der Waals surface area contributed by atoms with E-state index in [0.29, 0.717) is 24.4 Å². The van der Waals surface area contributed by atoms with Crippen molar-refractivity contribution < 1.29 is 23.1 Å². The van der Waals surface area contributed by atoms with Crippen LogP contribution in [0.2, 0.25) is 0 Å². The molecule has 0 aliphatic carbocycles. The van der Waals surface area contributed by atoms with Crippen LogP contribution in [-0.4, -0.2) is 50.0 Å². The Bertz CT molecular complexity index is 614. The van der Waals surface area contributed by atoms with E-state index in [1.807, 2.05) is 0 Å². The lowest BCUT2D eigenvalue weighted by atomic mass is 10.2. The fourth-order valence-corrected chi connectivity index (χ4v) is 3.16. The van der Waals surface area contributed by atoms with E-state index in [9.17, 15) is 18.0 Å². The predicted molar refractivity (Wildman–Crippen MR) is 84.6 cm³/mol. The number of sulfonamides is 1. The summed E-state index contributed by atoms with van der Waals surface area (Å²) < 4.78 is 25.9. The Labute approximate surface area is 133 Å². The molecule has 0 bridgehead atoms. The van der Waals surface area contributed by atoms with Crippen molar-refractivity contribution in [1.82, 2.24) is 10.0 Å². The summed E-state index contributed by atoms with van der Waals surface area (Å²) in [5.74, 6) is -0.741. The van der Waals surface area contributed by atoms with Crippen molar-refractivity contribution >= 4 is 33.7 Å². The molecule has 0 unspecified atom stereocenters. The topological polar surface area (TPSA) is 113 Å². The first kappa shape index (κ1) is 18.5. The third kappa shape index (κ3) is 6.04. The lowest BCUT2D eigenvalue weighted by Gasteiger charge is -2.07. The molecule has 0 saturated carbocycles. The van der Waals surface area contributed by atoms with E-state index in [0.717, 1.165) is 0 Å². The first-order chi connectivity index (χ1) is 10.4. The number of hydrogen-bond donors (Lipinski definition) is 3. The largest absolute Gasteiger partial charge is 0.481 e. The Balaban J connectivity index is 2.52. The van der Waals surface area contributed by atoms with Gasteiger partial charge < -0.3 is 10.4 Å². The number of carbonyl (C=O) groups excluding carboxylic acids is 1. The van der Waals surface area contributed by atoms with Crippen molar-refractivity contribution in [3.63, 3.8) is 0 Å². The van der Waals surface area contributed by atoms with Crippen molar-refractivity contribution in [3.05, 3.63) is 29.8 Å². The second kappa shape index (κ2) is 8.76. The molecule has 0 radical (unpaired) electrons. The fourth-order valence-electron chi connectivity index (χ4n) is 1.56. The van der Waals surface area contributed by atoms with Crippen molar-refractivity contribution in [1.29, 1.82) is 0 Å². The summed E-state index contributed by atoms with van der Waals surface area (Å²) in [6.45, 7) is 2.31.